The van der Waals surface area contributed by atoms with Crippen LogP contribution >= 0.6 is 0 Å². The van der Waals surface area contributed by atoms with Crippen molar-refractivity contribution in [3.63, 3.8) is 0 Å². The normalized spacial score (nSPS) is 23.7. The van der Waals surface area contributed by atoms with E-state index in [4.69, 9.17) is 9.47 Å². The van der Waals surface area contributed by atoms with E-state index in [1.54, 1.807) is 0 Å². The summed E-state index contributed by atoms with van der Waals surface area (Å²) in [5, 5.41) is 3.64. The molecule has 1 fully saturated rings. The first-order valence-electron chi connectivity index (χ1n) is 8.57. The minimum absolute atomic E-state index is 0.262. The third kappa shape index (κ3) is 3.61. The third-order valence-corrected chi connectivity index (χ3v) is 4.76. The molecule has 1 saturated heterocycles. The summed E-state index contributed by atoms with van der Waals surface area (Å²) in [7, 11) is 0. The van der Waals surface area contributed by atoms with Gasteiger partial charge in [-0.25, -0.2) is 0 Å². The van der Waals surface area contributed by atoms with Gasteiger partial charge in [0, 0.05) is 37.7 Å². The molecule has 0 spiro atoms. The minimum atomic E-state index is 0.262. The molecule has 0 unspecified atom stereocenters. The van der Waals surface area contributed by atoms with Crippen molar-refractivity contribution in [3.05, 3.63) is 23.8 Å². The highest BCUT2D eigenvalue weighted by Crippen LogP contribution is 2.33. The first-order chi connectivity index (χ1) is 11.2. The Labute approximate surface area is 137 Å². The van der Waals surface area contributed by atoms with Gasteiger partial charge in [-0.15, -0.1) is 0 Å². The first kappa shape index (κ1) is 16.1. The smallest absolute Gasteiger partial charge is 0.222 e. The predicted molar refractivity (Wildman–Crippen MR) is 88.7 cm³/mol. The summed E-state index contributed by atoms with van der Waals surface area (Å²) >= 11 is 0. The summed E-state index contributed by atoms with van der Waals surface area (Å²) in [6.45, 7) is 7.83. The van der Waals surface area contributed by atoms with Crippen molar-refractivity contribution < 1.29 is 14.3 Å². The fourth-order valence-corrected chi connectivity index (χ4v) is 3.41. The summed E-state index contributed by atoms with van der Waals surface area (Å²) < 4.78 is 11.4. The SMILES string of the molecule is CCC(=O)N1CC[C@@H](NCc2cccc3c2OCCO3)[C@@H](C)C1. The molecule has 1 aromatic carbocycles. The summed E-state index contributed by atoms with van der Waals surface area (Å²) in [4.78, 5) is 13.8. The van der Waals surface area contributed by atoms with Crippen LogP contribution in [0, 0.1) is 5.92 Å². The quantitative estimate of drug-likeness (QED) is 0.924. The maximum absolute atomic E-state index is 11.8. The van der Waals surface area contributed by atoms with Crippen LogP contribution in [0.1, 0.15) is 32.3 Å². The molecule has 2 atom stereocenters. The number of ether oxygens (including phenoxy) is 2. The number of likely N-dealkylation sites (tertiary alicyclic amines) is 1. The standard InChI is InChI=1S/C18H26N2O3/c1-3-17(21)20-8-7-15(13(2)12-20)19-11-14-5-4-6-16-18(14)23-10-9-22-16/h4-6,13,15,19H,3,7-12H2,1-2H3/t13-,15+/m0/s1. The number of rotatable bonds is 4. The number of para-hydroxylation sites is 1. The number of carbonyl (C=O) groups is 1. The number of hydrogen-bond donors (Lipinski definition) is 1. The highest BCUT2D eigenvalue weighted by atomic mass is 16.6. The topological polar surface area (TPSA) is 50.8 Å². The Balaban J connectivity index is 1.58. The van der Waals surface area contributed by atoms with Crippen LogP contribution in [0.3, 0.4) is 0 Å². The van der Waals surface area contributed by atoms with E-state index in [-0.39, 0.29) is 5.91 Å². The van der Waals surface area contributed by atoms with Crippen molar-refractivity contribution >= 4 is 5.91 Å². The van der Waals surface area contributed by atoms with Crippen molar-refractivity contribution in [1.29, 1.82) is 0 Å². The summed E-state index contributed by atoms with van der Waals surface area (Å²) in [6, 6.07) is 6.48. The van der Waals surface area contributed by atoms with Gasteiger partial charge in [-0.05, 0) is 18.4 Å². The van der Waals surface area contributed by atoms with Gasteiger partial charge in [0.15, 0.2) is 11.5 Å². The Morgan fingerprint density at radius 2 is 2.17 bits per heavy atom. The summed E-state index contributed by atoms with van der Waals surface area (Å²) in [5.41, 5.74) is 1.14. The van der Waals surface area contributed by atoms with E-state index in [0.717, 1.165) is 43.1 Å². The molecule has 5 nitrogen and oxygen atoms in total. The average molecular weight is 318 g/mol. The largest absolute Gasteiger partial charge is 0.486 e. The van der Waals surface area contributed by atoms with E-state index >= 15 is 0 Å². The summed E-state index contributed by atoms with van der Waals surface area (Å²) in [5.74, 6) is 2.43. The fourth-order valence-electron chi connectivity index (χ4n) is 3.41. The van der Waals surface area contributed by atoms with Gasteiger partial charge in [-0.2, -0.15) is 0 Å². The second-order valence-electron chi connectivity index (χ2n) is 6.39. The fraction of sp³-hybridized carbons (Fsp3) is 0.611. The highest BCUT2D eigenvalue weighted by molar-refractivity contribution is 5.75. The van der Waals surface area contributed by atoms with Crippen molar-refractivity contribution in [1.82, 2.24) is 10.2 Å². The van der Waals surface area contributed by atoms with Gasteiger partial charge >= 0.3 is 0 Å². The van der Waals surface area contributed by atoms with Crippen LogP contribution in [-0.4, -0.2) is 43.2 Å². The van der Waals surface area contributed by atoms with E-state index in [2.05, 4.69) is 18.3 Å². The number of carbonyl (C=O) groups excluding carboxylic acids is 1. The Morgan fingerprint density at radius 3 is 2.96 bits per heavy atom. The maximum Gasteiger partial charge on any atom is 0.222 e. The van der Waals surface area contributed by atoms with E-state index in [9.17, 15) is 4.79 Å². The Morgan fingerprint density at radius 1 is 1.35 bits per heavy atom. The molecule has 1 N–H and O–H groups in total. The molecule has 1 amide bonds. The Bertz CT molecular complexity index is 561. The van der Waals surface area contributed by atoms with E-state index in [1.807, 2.05) is 24.0 Å². The zero-order valence-electron chi connectivity index (χ0n) is 14.0. The number of amides is 1. The van der Waals surface area contributed by atoms with Crippen LogP contribution in [0.4, 0.5) is 0 Å². The predicted octanol–water partition coefficient (Wildman–Crippen LogP) is 2.19. The molecule has 0 radical (unpaired) electrons. The van der Waals surface area contributed by atoms with E-state index in [0.29, 0.717) is 31.6 Å². The van der Waals surface area contributed by atoms with Crippen LogP contribution in [0.5, 0.6) is 11.5 Å². The number of fused-ring (bicyclic) bond motifs is 1. The number of piperidine rings is 1. The molecule has 0 saturated carbocycles. The monoisotopic (exact) mass is 318 g/mol. The van der Waals surface area contributed by atoms with Gasteiger partial charge < -0.3 is 19.7 Å². The lowest BCUT2D eigenvalue weighted by atomic mass is 9.93. The van der Waals surface area contributed by atoms with Gasteiger partial charge in [0.1, 0.15) is 13.2 Å². The average Bonchev–Trinajstić information content (AvgIpc) is 2.60. The van der Waals surface area contributed by atoms with Crippen molar-refractivity contribution in [2.75, 3.05) is 26.3 Å². The molecule has 0 aliphatic carbocycles. The molecule has 2 heterocycles. The van der Waals surface area contributed by atoms with Gasteiger partial charge in [-0.1, -0.05) is 26.0 Å². The molecular formula is C18H26N2O3. The van der Waals surface area contributed by atoms with E-state index < -0.39 is 0 Å². The maximum atomic E-state index is 11.8. The summed E-state index contributed by atoms with van der Waals surface area (Å²) in [6.07, 6.45) is 1.59. The van der Waals surface area contributed by atoms with Crippen molar-refractivity contribution in [2.45, 2.75) is 39.3 Å². The zero-order valence-corrected chi connectivity index (χ0v) is 14.0. The molecule has 1 aromatic rings. The van der Waals surface area contributed by atoms with Gasteiger partial charge in [0.05, 0.1) is 0 Å². The molecule has 2 aliphatic heterocycles. The second-order valence-corrected chi connectivity index (χ2v) is 6.39. The third-order valence-electron chi connectivity index (χ3n) is 4.76. The Kier molecular flexibility index (Phi) is 5.06. The van der Waals surface area contributed by atoms with Gasteiger partial charge in [0.25, 0.3) is 0 Å². The molecule has 2 aliphatic rings. The van der Waals surface area contributed by atoms with E-state index in [1.165, 1.54) is 0 Å². The molecule has 5 heteroatoms. The zero-order chi connectivity index (χ0) is 16.2. The lowest BCUT2D eigenvalue weighted by Gasteiger charge is -2.37. The van der Waals surface area contributed by atoms with Crippen LogP contribution in [0.2, 0.25) is 0 Å². The van der Waals surface area contributed by atoms with Crippen molar-refractivity contribution in [3.8, 4) is 11.5 Å². The van der Waals surface area contributed by atoms with Crippen molar-refractivity contribution in [2.24, 2.45) is 5.92 Å². The molecule has 0 bridgehead atoms. The van der Waals surface area contributed by atoms with Gasteiger partial charge in [0.2, 0.25) is 5.91 Å². The second kappa shape index (κ2) is 7.21. The van der Waals surface area contributed by atoms with Crippen LogP contribution < -0.4 is 14.8 Å². The van der Waals surface area contributed by atoms with Gasteiger partial charge in [-0.3, -0.25) is 4.79 Å². The minimum Gasteiger partial charge on any atom is -0.486 e. The molecule has 0 aromatic heterocycles. The lowest BCUT2D eigenvalue weighted by Crippen LogP contribution is -2.49. The number of hydrogen-bond acceptors (Lipinski definition) is 4. The molecule has 3 rings (SSSR count). The first-order valence-corrected chi connectivity index (χ1v) is 8.57. The lowest BCUT2D eigenvalue weighted by molar-refractivity contribution is -0.132. The van der Waals surface area contributed by atoms with Crippen LogP contribution in [-0.2, 0) is 11.3 Å². The number of benzene rings is 1. The van der Waals surface area contributed by atoms with Crippen LogP contribution in [0.15, 0.2) is 18.2 Å². The van der Waals surface area contributed by atoms with Crippen LogP contribution in [0.25, 0.3) is 0 Å². The highest BCUT2D eigenvalue weighted by Gasteiger charge is 2.28. The number of nitrogens with zero attached hydrogens (tertiary/aromatic N) is 1. The number of nitrogens with one attached hydrogen (secondary N) is 1. The molecular weight excluding hydrogens is 292 g/mol. The molecule has 126 valence electrons. The molecule has 23 heavy (non-hydrogen) atoms. The Hall–Kier alpha value is -1.75.